The van der Waals surface area contributed by atoms with Crippen LogP contribution in [0.5, 0.6) is 0 Å². The number of carbonyl (C=O) groups excluding carboxylic acids is 1. The molecule has 0 fully saturated rings. The summed E-state index contributed by atoms with van der Waals surface area (Å²) in [6.07, 6.45) is 2.07. The third-order valence-electron chi connectivity index (χ3n) is 4.13. The summed E-state index contributed by atoms with van der Waals surface area (Å²) in [6.45, 7) is 3.89. The van der Waals surface area contributed by atoms with Gasteiger partial charge in [0.15, 0.2) is 5.96 Å². The Morgan fingerprint density at radius 3 is 2.44 bits per heavy atom. The summed E-state index contributed by atoms with van der Waals surface area (Å²) in [6, 6.07) is 16.1. The molecule has 27 heavy (non-hydrogen) atoms. The van der Waals surface area contributed by atoms with Gasteiger partial charge in [0.25, 0.3) is 5.91 Å². The molecule has 2 rings (SSSR count). The van der Waals surface area contributed by atoms with Crippen LogP contribution in [0.15, 0.2) is 58.4 Å². The smallest absolute Gasteiger partial charge is 0.251 e. The topological polar surface area (TPSA) is 56.7 Å². The number of guanidine groups is 1. The van der Waals surface area contributed by atoms with E-state index < -0.39 is 0 Å². The Kier molecular flexibility index (Phi) is 8.20. The lowest BCUT2D eigenvalue weighted by Crippen LogP contribution is -2.42. The molecule has 0 bridgehead atoms. The number of aryl methyl sites for hydroxylation is 1. The maximum absolute atomic E-state index is 12.2. The third kappa shape index (κ3) is 6.64. The van der Waals surface area contributed by atoms with Gasteiger partial charge in [-0.05, 0) is 43.0 Å². The zero-order valence-corrected chi connectivity index (χ0v) is 17.3. The number of amides is 1. The van der Waals surface area contributed by atoms with Gasteiger partial charge in [-0.2, -0.15) is 0 Å². The first-order chi connectivity index (χ1) is 13.0. The predicted octanol–water partition coefficient (Wildman–Crippen LogP) is 3.15. The summed E-state index contributed by atoms with van der Waals surface area (Å²) in [5.41, 5.74) is 2.99. The Morgan fingerprint density at radius 2 is 1.81 bits per heavy atom. The molecule has 0 aliphatic heterocycles. The van der Waals surface area contributed by atoms with Crippen LogP contribution in [0.3, 0.4) is 0 Å². The maximum Gasteiger partial charge on any atom is 0.251 e. The molecular formula is C21H28N4OS. The van der Waals surface area contributed by atoms with E-state index in [1.54, 1.807) is 18.8 Å². The molecule has 2 N–H and O–H groups in total. The van der Waals surface area contributed by atoms with Gasteiger partial charge in [-0.25, -0.2) is 0 Å². The van der Waals surface area contributed by atoms with Crippen molar-refractivity contribution in [3.05, 3.63) is 65.2 Å². The summed E-state index contributed by atoms with van der Waals surface area (Å²) < 4.78 is 0. The van der Waals surface area contributed by atoms with Crippen LogP contribution in [0.2, 0.25) is 0 Å². The van der Waals surface area contributed by atoms with E-state index in [9.17, 15) is 4.79 Å². The standard InChI is InChI=1S/C21H28N4OS/c1-16-6-5-7-18(14-16)20(26)23-12-13-24-21(22-2)25(3)15-17-8-10-19(27-4)11-9-17/h5-11,14H,12-13,15H2,1-4H3,(H,22,24)(H,23,26). The molecule has 0 saturated heterocycles. The summed E-state index contributed by atoms with van der Waals surface area (Å²) in [5.74, 6) is 0.742. The molecule has 6 heteroatoms. The van der Waals surface area contributed by atoms with Crippen molar-refractivity contribution in [1.29, 1.82) is 0 Å². The monoisotopic (exact) mass is 384 g/mol. The fourth-order valence-corrected chi connectivity index (χ4v) is 3.11. The van der Waals surface area contributed by atoms with Crippen LogP contribution in [0.25, 0.3) is 0 Å². The van der Waals surface area contributed by atoms with Crippen molar-refractivity contribution in [3.63, 3.8) is 0 Å². The number of carbonyl (C=O) groups is 1. The number of nitrogens with one attached hydrogen (secondary N) is 2. The van der Waals surface area contributed by atoms with Gasteiger partial charge in [-0.15, -0.1) is 11.8 Å². The van der Waals surface area contributed by atoms with Crippen molar-refractivity contribution in [2.45, 2.75) is 18.4 Å². The molecule has 0 aliphatic rings. The average molecular weight is 385 g/mol. The molecule has 2 aromatic rings. The van der Waals surface area contributed by atoms with Gasteiger partial charge in [0, 0.05) is 44.2 Å². The number of hydrogen-bond acceptors (Lipinski definition) is 3. The van der Waals surface area contributed by atoms with E-state index in [2.05, 4.69) is 51.0 Å². The highest BCUT2D eigenvalue weighted by Crippen LogP contribution is 2.15. The lowest BCUT2D eigenvalue weighted by Gasteiger charge is -2.22. The molecule has 1 amide bonds. The van der Waals surface area contributed by atoms with Gasteiger partial charge < -0.3 is 15.5 Å². The first-order valence-corrected chi connectivity index (χ1v) is 10.2. The maximum atomic E-state index is 12.2. The van der Waals surface area contributed by atoms with Crippen molar-refractivity contribution < 1.29 is 4.79 Å². The van der Waals surface area contributed by atoms with E-state index >= 15 is 0 Å². The minimum Gasteiger partial charge on any atom is -0.354 e. The molecule has 0 aliphatic carbocycles. The fourth-order valence-electron chi connectivity index (χ4n) is 2.70. The molecule has 0 spiro atoms. The number of rotatable bonds is 7. The number of nitrogens with zero attached hydrogens (tertiary/aromatic N) is 2. The summed E-state index contributed by atoms with van der Waals surface area (Å²) in [7, 11) is 3.77. The second-order valence-corrected chi connectivity index (χ2v) is 7.18. The normalized spacial score (nSPS) is 11.2. The average Bonchev–Trinajstić information content (AvgIpc) is 2.68. The van der Waals surface area contributed by atoms with Crippen molar-refractivity contribution >= 4 is 23.6 Å². The molecular weight excluding hydrogens is 356 g/mol. The lowest BCUT2D eigenvalue weighted by atomic mass is 10.1. The minimum atomic E-state index is -0.0577. The van der Waals surface area contributed by atoms with Gasteiger partial charge in [-0.3, -0.25) is 9.79 Å². The molecule has 0 atom stereocenters. The Bertz CT molecular complexity index is 774. The molecule has 5 nitrogen and oxygen atoms in total. The minimum absolute atomic E-state index is 0.0577. The van der Waals surface area contributed by atoms with Gasteiger partial charge in [0.2, 0.25) is 0 Å². The van der Waals surface area contributed by atoms with Crippen LogP contribution in [-0.4, -0.2) is 50.2 Å². The van der Waals surface area contributed by atoms with Crippen LogP contribution in [0, 0.1) is 6.92 Å². The van der Waals surface area contributed by atoms with E-state index in [4.69, 9.17) is 0 Å². The zero-order chi connectivity index (χ0) is 19.6. The Hall–Kier alpha value is -2.47. The van der Waals surface area contributed by atoms with Gasteiger partial charge >= 0.3 is 0 Å². The van der Waals surface area contributed by atoms with Gasteiger partial charge in [0.1, 0.15) is 0 Å². The van der Waals surface area contributed by atoms with E-state index in [1.807, 2.05) is 38.2 Å². The highest BCUT2D eigenvalue weighted by molar-refractivity contribution is 7.98. The summed E-state index contributed by atoms with van der Waals surface area (Å²) in [5, 5.41) is 6.22. The van der Waals surface area contributed by atoms with Crippen LogP contribution < -0.4 is 10.6 Å². The van der Waals surface area contributed by atoms with Crippen LogP contribution in [0.4, 0.5) is 0 Å². The Balaban J connectivity index is 1.78. The van der Waals surface area contributed by atoms with E-state index in [1.165, 1.54) is 10.5 Å². The first kappa shape index (κ1) is 20.8. The highest BCUT2D eigenvalue weighted by atomic mass is 32.2. The van der Waals surface area contributed by atoms with Crippen molar-refractivity contribution in [3.8, 4) is 0 Å². The third-order valence-corrected chi connectivity index (χ3v) is 4.87. The number of thioether (sulfide) groups is 1. The summed E-state index contributed by atoms with van der Waals surface area (Å²) >= 11 is 1.74. The van der Waals surface area contributed by atoms with Crippen LogP contribution >= 0.6 is 11.8 Å². The van der Waals surface area contributed by atoms with Crippen molar-refractivity contribution in [2.75, 3.05) is 33.4 Å². The second-order valence-electron chi connectivity index (χ2n) is 6.30. The fraction of sp³-hybridized carbons (Fsp3) is 0.333. The van der Waals surface area contributed by atoms with Crippen molar-refractivity contribution in [2.24, 2.45) is 4.99 Å². The van der Waals surface area contributed by atoms with E-state index in [0.717, 1.165) is 18.1 Å². The Morgan fingerprint density at radius 1 is 1.11 bits per heavy atom. The first-order valence-electron chi connectivity index (χ1n) is 8.93. The predicted molar refractivity (Wildman–Crippen MR) is 115 cm³/mol. The summed E-state index contributed by atoms with van der Waals surface area (Å²) in [4.78, 5) is 19.8. The number of hydrogen-bond donors (Lipinski definition) is 2. The van der Waals surface area contributed by atoms with E-state index in [-0.39, 0.29) is 5.91 Å². The van der Waals surface area contributed by atoms with Gasteiger partial charge in [0.05, 0.1) is 0 Å². The molecule has 0 saturated carbocycles. The van der Waals surface area contributed by atoms with Crippen molar-refractivity contribution in [1.82, 2.24) is 15.5 Å². The molecule has 0 aromatic heterocycles. The molecule has 0 heterocycles. The second kappa shape index (κ2) is 10.6. The number of benzene rings is 2. The van der Waals surface area contributed by atoms with E-state index in [0.29, 0.717) is 18.7 Å². The van der Waals surface area contributed by atoms with Crippen LogP contribution in [0.1, 0.15) is 21.5 Å². The van der Waals surface area contributed by atoms with Gasteiger partial charge in [-0.1, -0.05) is 29.8 Å². The highest BCUT2D eigenvalue weighted by Gasteiger charge is 2.08. The zero-order valence-electron chi connectivity index (χ0n) is 16.5. The molecule has 144 valence electrons. The quantitative estimate of drug-likeness (QED) is 0.333. The lowest BCUT2D eigenvalue weighted by molar-refractivity contribution is 0.0954. The molecule has 0 radical (unpaired) electrons. The largest absolute Gasteiger partial charge is 0.354 e. The molecule has 0 unspecified atom stereocenters. The Labute approximate surface area is 166 Å². The van der Waals surface area contributed by atoms with Crippen LogP contribution in [-0.2, 0) is 6.54 Å². The number of aliphatic imine (C=N–C) groups is 1. The SMILES string of the molecule is CN=C(NCCNC(=O)c1cccc(C)c1)N(C)Cc1ccc(SC)cc1. The molecule has 2 aromatic carbocycles.